The van der Waals surface area contributed by atoms with E-state index in [2.05, 4.69) is 15.8 Å². The predicted molar refractivity (Wildman–Crippen MR) is 85.9 cm³/mol. The lowest BCUT2D eigenvalue weighted by Gasteiger charge is -2.07. The summed E-state index contributed by atoms with van der Waals surface area (Å²) in [6.45, 7) is 3.75. The number of anilines is 1. The smallest absolute Gasteiger partial charge is 0.240 e. The number of nitrogens with one attached hydrogen (secondary N) is 2. The zero-order chi connectivity index (χ0) is 15.8. The number of carbonyl (C=O) groups excluding carboxylic acids is 2. The number of halogens is 2. The molecule has 2 amide bonds. The van der Waals surface area contributed by atoms with Crippen LogP contribution in [0.1, 0.15) is 33.1 Å². The van der Waals surface area contributed by atoms with Crippen molar-refractivity contribution in [3.8, 4) is 0 Å². The lowest BCUT2D eigenvalue weighted by atomic mass is 10.2. The van der Waals surface area contributed by atoms with Crippen molar-refractivity contribution < 1.29 is 9.59 Å². The molecule has 0 aromatic heterocycles. The van der Waals surface area contributed by atoms with Crippen LogP contribution in [0.4, 0.5) is 5.69 Å². The molecule has 2 N–H and O–H groups in total. The van der Waals surface area contributed by atoms with Gasteiger partial charge in [0.05, 0.1) is 10.7 Å². The zero-order valence-electron chi connectivity index (χ0n) is 11.9. The molecule has 7 heteroatoms. The molecular weight excluding hydrogens is 313 g/mol. The molecule has 0 atom stereocenters. The van der Waals surface area contributed by atoms with E-state index in [1.54, 1.807) is 12.1 Å². The highest BCUT2D eigenvalue weighted by molar-refractivity contribution is 6.36. The van der Waals surface area contributed by atoms with Crippen molar-refractivity contribution >= 4 is 46.4 Å². The summed E-state index contributed by atoms with van der Waals surface area (Å²) >= 11 is 11.7. The molecule has 0 saturated carbocycles. The van der Waals surface area contributed by atoms with Crippen LogP contribution >= 0.6 is 23.2 Å². The highest BCUT2D eigenvalue weighted by Gasteiger charge is 2.09. The molecule has 0 radical (unpaired) electrons. The normalized spacial score (nSPS) is 11.1. The largest absolute Gasteiger partial charge is 0.325 e. The fourth-order valence-corrected chi connectivity index (χ4v) is 1.78. The van der Waals surface area contributed by atoms with Crippen LogP contribution in [-0.4, -0.2) is 17.5 Å². The summed E-state index contributed by atoms with van der Waals surface area (Å²) in [6, 6.07) is 4.77. The number of hydrogen-bond acceptors (Lipinski definition) is 3. The van der Waals surface area contributed by atoms with Gasteiger partial charge in [-0.05, 0) is 31.5 Å². The maximum Gasteiger partial charge on any atom is 0.240 e. The minimum atomic E-state index is -0.305. The molecule has 0 unspecified atom stereocenters. The quantitative estimate of drug-likeness (QED) is 0.618. The highest BCUT2D eigenvalue weighted by atomic mass is 35.5. The first-order chi connectivity index (χ1) is 9.92. The maximum absolute atomic E-state index is 11.7. The van der Waals surface area contributed by atoms with Crippen molar-refractivity contribution in [1.29, 1.82) is 0 Å². The molecule has 114 valence electrons. The van der Waals surface area contributed by atoms with Gasteiger partial charge in [0, 0.05) is 23.6 Å². The fourth-order valence-electron chi connectivity index (χ4n) is 1.32. The first-order valence-corrected chi connectivity index (χ1v) is 7.25. The van der Waals surface area contributed by atoms with Gasteiger partial charge in [0.15, 0.2) is 0 Å². The standard InChI is InChI=1S/C14H17Cl2N3O2/c1-3-9(2)18-19-14(21)7-6-13(20)17-12-5-4-10(15)8-11(12)16/h4-5,8H,3,6-7H2,1-2H3,(H,17,20)(H,19,21)/b18-9-. The van der Waals surface area contributed by atoms with Crippen molar-refractivity contribution in [1.82, 2.24) is 5.43 Å². The van der Waals surface area contributed by atoms with Gasteiger partial charge in [-0.1, -0.05) is 30.1 Å². The van der Waals surface area contributed by atoms with Gasteiger partial charge in [-0.2, -0.15) is 5.10 Å². The number of amides is 2. The first kappa shape index (κ1) is 17.5. The van der Waals surface area contributed by atoms with E-state index in [0.717, 1.165) is 12.1 Å². The van der Waals surface area contributed by atoms with Crippen LogP contribution in [0.5, 0.6) is 0 Å². The lowest BCUT2D eigenvalue weighted by molar-refractivity contribution is -0.124. The molecule has 1 aromatic rings. The second-order valence-corrected chi connectivity index (χ2v) is 5.25. The Morgan fingerprint density at radius 2 is 1.86 bits per heavy atom. The average molecular weight is 330 g/mol. The molecular formula is C14H17Cl2N3O2. The van der Waals surface area contributed by atoms with Crippen molar-refractivity contribution in [3.63, 3.8) is 0 Å². The Morgan fingerprint density at radius 3 is 2.48 bits per heavy atom. The molecule has 5 nitrogen and oxygen atoms in total. The van der Waals surface area contributed by atoms with E-state index in [1.807, 2.05) is 13.8 Å². The summed E-state index contributed by atoms with van der Waals surface area (Å²) < 4.78 is 0. The summed E-state index contributed by atoms with van der Waals surface area (Å²) in [4.78, 5) is 23.2. The molecule has 1 aromatic carbocycles. The van der Waals surface area contributed by atoms with Crippen LogP contribution < -0.4 is 10.7 Å². The van der Waals surface area contributed by atoms with Gasteiger partial charge in [0.1, 0.15) is 0 Å². The molecule has 0 aliphatic rings. The van der Waals surface area contributed by atoms with Crippen molar-refractivity contribution in [3.05, 3.63) is 28.2 Å². The minimum Gasteiger partial charge on any atom is -0.325 e. The summed E-state index contributed by atoms with van der Waals surface area (Å²) in [6.07, 6.45) is 0.860. The van der Waals surface area contributed by atoms with Gasteiger partial charge in [0.2, 0.25) is 11.8 Å². The van der Waals surface area contributed by atoms with Crippen molar-refractivity contribution in [2.75, 3.05) is 5.32 Å². The monoisotopic (exact) mass is 329 g/mol. The Morgan fingerprint density at radius 1 is 1.19 bits per heavy atom. The van der Waals surface area contributed by atoms with E-state index in [0.29, 0.717) is 15.7 Å². The molecule has 0 fully saturated rings. The van der Waals surface area contributed by atoms with Crippen LogP contribution in [0.25, 0.3) is 0 Å². The molecule has 0 aliphatic carbocycles. The van der Waals surface area contributed by atoms with Crippen LogP contribution in [0.2, 0.25) is 10.0 Å². The second-order valence-electron chi connectivity index (χ2n) is 4.41. The van der Waals surface area contributed by atoms with Gasteiger partial charge in [0.25, 0.3) is 0 Å². The Labute approximate surface area is 133 Å². The third-order valence-electron chi connectivity index (χ3n) is 2.67. The van der Waals surface area contributed by atoms with E-state index in [-0.39, 0.29) is 24.7 Å². The topological polar surface area (TPSA) is 70.6 Å². The lowest BCUT2D eigenvalue weighted by Crippen LogP contribution is -2.21. The Bertz CT molecular complexity index is 559. The number of benzene rings is 1. The Hall–Kier alpha value is -1.59. The number of nitrogens with zero attached hydrogens (tertiary/aromatic N) is 1. The second kappa shape index (κ2) is 8.64. The SMILES string of the molecule is CC/C(C)=N\NC(=O)CCC(=O)Nc1ccc(Cl)cc1Cl. The maximum atomic E-state index is 11.7. The van der Waals surface area contributed by atoms with E-state index in [1.165, 1.54) is 6.07 Å². The van der Waals surface area contributed by atoms with E-state index in [9.17, 15) is 9.59 Å². The fraction of sp³-hybridized carbons (Fsp3) is 0.357. The number of hydrogen-bond donors (Lipinski definition) is 2. The summed E-state index contributed by atoms with van der Waals surface area (Å²) in [5.41, 5.74) is 3.68. The van der Waals surface area contributed by atoms with E-state index in [4.69, 9.17) is 23.2 Å². The van der Waals surface area contributed by atoms with Gasteiger partial charge in [-0.15, -0.1) is 0 Å². The van der Waals surface area contributed by atoms with Crippen LogP contribution in [-0.2, 0) is 9.59 Å². The van der Waals surface area contributed by atoms with E-state index < -0.39 is 0 Å². The summed E-state index contributed by atoms with van der Waals surface area (Å²) in [5, 5.41) is 7.34. The molecule has 0 saturated heterocycles. The van der Waals surface area contributed by atoms with Crippen molar-refractivity contribution in [2.24, 2.45) is 5.10 Å². The number of rotatable bonds is 6. The van der Waals surface area contributed by atoms with Crippen molar-refractivity contribution in [2.45, 2.75) is 33.1 Å². The van der Waals surface area contributed by atoms with Gasteiger partial charge < -0.3 is 5.32 Å². The zero-order valence-corrected chi connectivity index (χ0v) is 13.4. The molecule has 0 bridgehead atoms. The van der Waals surface area contributed by atoms with Gasteiger partial charge in [-0.25, -0.2) is 5.43 Å². The van der Waals surface area contributed by atoms with Crippen LogP contribution in [0.15, 0.2) is 23.3 Å². The Kier molecular flexibility index (Phi) is 7.19. The van der Waals surface area contributed by atoms with E-state index >= 15 is 0 Å². The average Bonchev–Trinajstić information content (AvgIpc) is 2.45. The third kappa shape index (κ3) is 6.60. The summed E-state index contributed by atoms with van der Waals surface area (Å²) in [7, 11) is 0. The molecule has 0 aliphatic heterocycles. The third-order valence-corrected chi connectivity index (χ3v) is 3.22. The van der Waals surface area contributed by atoms with Gasteiger partial charge >= 0.3 is 0 Å². The molecule has 1 rings (SSSR count). The predicted octanol–water partition coefficient (Wildman–Crippen LogP) is 3.61. The number of carbonyl (C=O) groups is 2. The summed E-state index contributed by atoms with van der Waals surface area (Å²) in [5.74, 6) is -0.606. The van der Waals surface area contributed by atoms with Crippen LogP contribution in [0, 0.1) is 0 Å². The molecule has 0 spiro atoms. The minimum absolute atomic E-state index is 0.0471. The highest BCUT2D eigenvalue weighted by Crippen LogP contribution is 2.25. The molecule has 0 heterocycles. The Balaban J connectivity index is 2.42. The number of hydrazone groups is 1. The van der Waals surface area contributed by atoms with Crippen LogP contribution in [0.3, 0.4) is 0 Å². The first-order valence-electron chi connectivity index (χ1n) is 6.49. The van der Waals surface area contributed by atoms with Gasteiger partial charge in [-0.3, -0.25) is 9.59 Å². The molecule has 21 heavy (non-hydrogen) atoms.